The van der Waals surface area contributed by atoms with Crippen molar-refractivity contribution in [1.82, 2.24) is 0 Å². The molecule has 0 aliphatic rings. The molecule has 19 heavy (non-hydrogen) atoms. The molecule has 6 nitrogen and oxygen atoms in total. The highest BCUT2D eigenvalue weighted by Gasteiger charge is 2.15. The van der Waals surface area contributed by atoms with Crippen LogP contribution in [-0.2, 0) is 10.1 Å². The minimum atomic E-state index is -4.29. The molecule has 3 aromatic rings. The highest BCUT2D eigenvalue weighted by Crippen LogP contribution is 2.35. The lowest BCUT2D eigenvalue weighted by molar-refractivity contribution is 0.478. The van der Waals surface area contributed by atoms with Gasteiger partial charge in [-0.1, -0.05) is 0 Å². The van der Waals surface area contributed by atoms with Gasteiger partial charge in [0.2, 0.25) is 0 Å². The molecule has 0 fully saturated rings. The number of hydrogen-bond donors (Lipinski definition) is 3. The number of anilines is 1. The van der Waals surface area contributed by atoms with E-state index in [1.165, 1.54) is 30.3 Å². The van der Waals surface area contributed by atoms with Gasteiger partial charge >= 0.3 is 0 Å². The summed E-state index contributed by atoms with van der Waals surface area (Å²) in [5, 5.41) is 10.6. The molecule has 0 radical (unpaired) electrons. The lowest BCUT2D eigenvalue weighted by Crippen LogP contribution is -1.96. The van der Waals surface area contributed by atoms with Crippen molar-refractivity contribution < 1.29 is 22.5 Å². The van der Waals surface area contributed by atoms with Crippen molar-refractivity contribution in [3.05, 3.63) is 30.3 Å². The first-order valence-electron chi connectivity index (χ1n) is 5.28. The van der Waals surface area contributed by atoms with Crippen LogP contribution in [0, 0.1) is 0 Å². The highest BCUT2D eigenvalue weighted by atomic mass is 32.2. The van der Waals surface area contributed by atoms with E-state index in [0.717, 1.165) is 0 Å². The van der Waals surface area contributed by atoms with Gasteiger partial charge in [-0.05, 0) is 24.3 Å². The van der Waals surface area contributed by atoms with Gasteiger partial charge in [0, 0.05) is 16.8 Å². The van der Waals surface area contributed by atoms with E-state index in [9.17, 15) is 13.5 Å². The molecule has 0 unspecified atom stereocenters. The average molecular weight is 279 g/mol. The molecule has 7 heteroatoms. The Morgan fingerprint density at radius 1 is 1.05 bits per heavy atom. The lowest BCUT2D eigenvalue weighted by atomic mass is 10.1. The molecule has 2 aromatic carbocycles. The molecule has 4 N–H and O–H groups in total. The van der Waals surface area contributed by atoms with E-state index < -0.39 is 10.1 Å². The Labute approximate surface area is 107 Å². The van der Waals surface area contributed by atoms with Gasteiger partial charge < -0.3 is 15.3 Å². The number of furan rings is 1. The maximum absolute atomic E-state index is 11.1. The summed E-state index contributed by atoms with van der Waals surface area (Å²) in [5.41, 5.74) is 6.60. The largest absolute Gasteiger partial charge is 0.506 e. The maximum atomic E-state index is 11.1. The van der Waals surface area contributed by atoms with Crippen molar-refractivity contribution in [3.8, 4) is 5.75 Å². The minimum absolute atomic E-state index is 0.118. The quantitative estimate of drug-likeness (QED) is 0.357. The molecule has 0 saturated heterocycles. The number of hydrogen-bond acceptors (Lipinski definition) is 5. The first-order valence-corrected chi connectivity index (χ1v) is 6.72. The number of phenols is 1. The van der Waals surface area contributed by atoms with Crippen LogP contribution < -0.4 is 5.73 Å². The number of rotatable bonds is 1. The maximum Gasteiger partial charge on any atom is 0.294 e. The molecular weight excluding hydrogens is 270 g/mol. The van der Waals surface area contributed by atoms with E-state index >= 15 is 0 Å². The normalized spacial score (nSPS) is 12.3. The Balaban J connectivity index is 2.45. The van der Waals surface area contributed by atoms with Crippen LogP contribution in [0.4, 0.5) is 5.69 Å². The topological polar surface area (TPSA) is 114 Å². The number of nitrogens with two attached hydrogens (primary N) is 1. The van der Waals surface area contributed by atoms with Gasteiger partial charge in [-0.25, -0.2) is 0 Å². The summed E-state index contributed by atoms with van der Waals surface area (Å²) in [4.78, 5) is -0.237. The summed E-state index contributed by atoms with van der Waals surface area (Å²) in [6, 6.07) is 6.81. The fourth-order valence-electron chi connectivity index (χ4n) is 1.97. The third-order valence-electron chi connectivity index (χ3n) is 2.89. The molecule has 0 spiro atoms. The summed E-state index contributed by atoms with van der Waals surface area (Å²) >= 11 is 0. The van der Waals surface area contributed by atoms with Crippen LogP contribution in [0.15, 0.2) is 39.6 Å². The van der Waals surface area contributed by atoms with E-state index in [1.807, 2.05) is 0 Å². The Kier molecular flexibility index (Phi) is 2.25. The van der Waals surface area contributed by atoms with E-state index in [-0.39, 0.29) is 16.3 Å². The van der Waals surface area contributed by atoms with Crippen LogP contribution in [0.2, 0.25) is 0 Å². The van der Waals surface area contributed by atoms with Crippen molar-refractivity contribution in [2.75, 3.05) is 5.73 Å². The molecule has 1 heterocycles. The van der Waals surface area contributed by atoms with Crippen LogP contribution in [0.25, 0.3) is 21.9 Å². The SMILES string of the molecule is Nc1cc2oc3ccc(S(=O)(=O)O)cc3c2cc1O. The third kappa shape index (κ3) is 1.79. The van der Waals surface area contributed by atoms with Gasteiger partial charge in [0.05, 0.1) is 10.6 Å². The second kappa shape index (κ2) is 3.62. The molecular formula is C12H9NO5S. The molecule has 98 valence electrons. The minimum Gasteiger partial charge on any atom is -0.506 e. The summed E-state index contributed by atoms with van der Waals surface area (Å²) in [6.45, 7) is 0. The van der Waals surface area contributed by atoms with Gasteiger partial charge in [-0.2, -0.15) is 8.42 Å². The van der Waals surface area contributed by atoms with Crippen molar-refractivity contribution in [3.63, 3.8) is 0 Å². The first kappa shape index (κ1) is 11.8. The summed E-state index contributed by atoms with van der Waals surface area (Å²) < 4.78 is 36.7. The molecule has 0 bridgehead atoms. The molecule has 0 amide bonds. The van der Waals surface area contributed by atoms with Gasteiger partial charge in [-0.15, -0.1) is 0 Å². The smallest absolute Gasteiger partial charge is 0.294 e. The van der Waals surface area contributed by atoms with Crippen LogP contribution >= 0.6 is 0 Å². The molecule has 1 aromatic heterocycles. The second-order valence-electron chi connectivity index (χ2n) is 4.14. The van der Waals surface area contributed by atoms with Gasteiger partial charge in [-0.3, -0.25) is 4.55 Å². The zero-order chi connectivity index (χ0) is 13.8. The van der Waals surface area contributed by atoms with E-state index in [0.29, 0.717) is 21.9 Å². The zero-order valence-electron chi connectivity index (χ0n) is 9.49. The van der Waals surface area contributed by atoms with E-state index in [4.69, 9.17) is 14.7 Å². The predicted octanol–water partition coefficient (Wildman–Crippen LogP) is 2.12. The molecule has 0 aliphatic carbocycles. The second-order valence-corrected chi connectivity index (χ2v) is 5.56. The highest BCUT2D eigenvalue weighted by molar-refractivity contribution is 7.85. The van der Waals surface area contributed by atoms with Gasteiger partial charge in [0.15, 0.2) is 0 Å². The third-order valence-corrected chi connectivity index (χ3v) is 3.74. The van der Waals surface area contributed by atoms with Crippen molar-refractivity contribution in [2.45, 2.75) is 4.90 Å². The van der Waals surface area contributed by atoms with Crippen molar-refractivity contribution in [1.29, 1.82) is 0 Å². The van der Waals surface area contributed by atoms with Crippen LogP contribution in [-0.4, -0.2) is 18.1 Å². The summed E-state index contributed by atoms with van der Waals surface area (Å²) in [6.07, 6.45) is 0. The zero-order valence-corrected chi connectivity index (χ0v) is 10.3. The Hall–Kier alpha value is -2.25. The predicted molar refractivity (Wildman–Crippen MR) is 69.6 cm³/mol. The number of nitrogen functional groups attached to an aromatic ring is 1. The monoisotopic (exact) mass is 279 g/mol. The lowest BCUT2D eigenvalue weighted by Gasteiger charge is -1.98. The standard InChI is InChI=1S/C12H9NO5S/c13-9-5-12-8(4-10(9)14)7-3-6(19(15,16)17)1-2-11(7)18-12/h1-5,14H,13H2,(H,15,16,17). The number of fused-ring (bicyclic) bond motifs is 3. The Morgan fingerprint density at radius 2 is 1.74 bits per heavy atom. The van der Waals surface area contributed by atoms with Gasteiger partial charge in [0.25, 0.3) is 10.1 Å². The van der Waals surface area contributed by atoms with Crippen molar-refractivity contribution in [2.24, 2.45) is 0 Å². The van der Waals surface area contributed by atoms with E-state index in [1.54, 1.807) is 0 Å². The summed E-state index contributed by atoms with van der Waals surface area (Å²) in [7, 11) is -4.29. The average Bonchev–Trinajstić information content (AvgIpc) is 2.65. The number of phenolic OH excluding ortho intramolecular Hbond substituents is 1. The number of benzene rings is 2. The van der Waals surface area contributed by atoms with Crippen molar-refractivity contribution >= 4 is 37.7 Å². The van der Waals surface area contributed by atoms with Crippen LogP contribution in [0.1, 0.15) is 0 Å². The summed E-state index contributed by atoms with van der Waals surface area (Å²) in [5.74, 6) is -0.118. The van der Waals surface area contributed by atoms with Gasteiger partial charge in [0.1, 0.15) is 16.9 Å². The Bertz CT molecular complexity index is 911. The number of aromatic hydroxyl groups is 1. The Morgan fingerprint density at radius 3 is 2.42 bits per heavy atom. The fraction of sp³-hybridized carbons (Fsp3) is 0. The molecule has 0 aliphatic heterocycles. The molecule has 0 saturated carbocycles. The van der Waals surface area contributed by atoms with Crippen LogP contribution in [0.5, 0.6) is 5.75 Å². The van der Waals surface area contributed by atoms with Crippen LogP contribution in [0.3, 0.4) is 0 Å². The molecule has 0 atom stereocenters. The fourth-order valence-corrected chi connectivity index (χ4v) is 2.47. The molecule has 3 rings (SSSR count). The first-order chi connectivity index (χ1) is 8.86. The van der Waals surface area contributed by atoms with E-state index in [2.05, 4.69) is 0 Å².